The lowest BCUT2D eigenvalue weighted by molar-refractivity contribution is -0.255. The van der Waals surface area contributed by atoms with Crippen molar-refractivity contribution < 1.29 is 19.4 Å². The highest BCUT2D eigenvalue weighted by Gasteiger charge is 2.23. The highest BCUT2D eigenvalue weighted by atomic mass is 32.2. The Morgan fingerprint density at radius 3 is 2.58 bits per heavy atom. The third kappa shape index (κ3) is 5.70. The van der Waals surface area contributed by atoms with E-state index in [1.165, 1.54) is 29.5 Å². The van der Waals surface area contributed by atoms with Gasteiger partial charge in [-0.15, -0.1) is 0 Å². The number of carbonyl (C=O) groups excluding carboxylic acids is 2. The number of hydrogen-bond donors (Lipinski definition) is 1. The van der Waals surface area contributed by atoms with E-state index in [0.717, 1.165) is 22.4 Å². The molecule has 33 heavy (non-hydrogen) atoms. The number of thioether (sulfide) groups is 1. The molecule has 0 bridgehead atoms. The van der Waals surface area contributed by atoms with Crippen molar-refractivity contribution in [1.29, 1.82) is 0 Å². The van der Waals surface area contributed by atoms with E-state index >= 15 is 0 Å². The van der Waals surface area contributed by atoms with Gasteiger partial charge < -0.3 is 20.0 Å². The summed E-state index contributed by atoms with van der Waals surface area (Å²) < 4.78 is 5.74. The third-order valence-corrected chi connectivity index (χ3v) is 6.03. The van der Waals surface area contributed by atoms with Crippen molar-refractivity contribution in [2.24, 2.45) is 4.99 Å². The molecule has 0 aliphatic carbocycles. The summed E-state index contributed by atoms with van der Waals surface area (Å²) >= 11 is 1.30. The molecule has 1 fully saturated rings. The fraction of sp³-hybridized carbons (Fsp3) is 0.115. The third-order valence-electron chi connectivity index (χ3n) is 5.12. The molecule has 3 aromatic rings. The summed E-state index contributed by atoms with van der Waals surface area (Å²) in [4.78, 5) is 28.4. The minimum Gasteiger partial charge on any atom is -0.545 e. The van der Waals surface area contributed by atoms with Gasteiger partial charge >= 0.3 is 0 Å². The van der Waals surface area contributed by atoms with Crippen molar-refractivity contribution >= 4 is 40.6 Å². The van der Waals surface area contributed by atoms with Gasteiger partial charge in [-0.05, 0) is 89.8 Å². The predicted octanol–water partition coefficient (Wildman–Crippen LogP) is 4.14. The Labute approximate surface area is 196 Å². The zero-order valence-electron chi connectivity index (χ0n) is 18.1. The van der Waals surface area contributed by atoms with E-state index in [-0.39, 0.29) is 18.1 Å². The van der Waals surface area contributed by atoms with Crippen LogP contribution < -0.4 is 15.2 Å². The molecule has 4 rings (SSSR count). The number of rotatable bonds is 6. The zero-order chi connectivity index (χ0) is 23.4. The molecule has 0 saturated carbocycles. The fourth-order valence-electron chi connectivity index (χ4n) is 3.16. The number of carboxylic acids is 1. The molecule has 1 aliphatic rings. The Morgan fingerprint density at radius 1 is 1.06 bits per heavy atom. The van der Waals surface area contributed by atoms with Crippen LogP contribution in [0.25, 0.3) is 6.08 Å². The molecule has 7 heteroatoms. The molecular weight excluding hydrogens is 436 g/mol. The maximum absolute atomic E-state index is 12.4. The highest BCUT2D eigenvalue weighted by molar-refractivity contribution is 8.18. The minimum absolute atomic E-state index is 0.117. The van der Waals surface area contributed by atoms with Crippen molar-refractivity contribution in [1.82, 2.24) is 5.32 Å². The molecule has 3 aromatic carbocycles. The number of hydrogen-bond acceptors (Lipinski definition) is 6. The predicted molar refractivity (Wildman–Crippen MR) is 128 cm³/mol. The van der Waals surface area contributed by atoms with E-state index in [1.807, 2.05) is 44.2 Å². The van der Waals surface area contributed by atoms with E-state index in [2.05, 4.69) is 10.3 Å². The first-order valence-electron chi connectivity index (χ1n) is 10.3. The van der Waals surface area contributed by atoms with Crippen LogP contribution in [0.3, 0.4) is 0 Å². The van der Waals surface area contributed by atoms with Gasteiger partial charge in [0.1, 0.15) is 12.4 Å². The van der Waals surface area contributed by atoms with Crippen LogP contribution in [0.4, 0.5) is 5.69 Å². The van der Waals surface area contributed by atoms with Gasteiger partial charge in [0.2, 0.25) is 0 Å². The topological polar surface area (TPSA) is 90.8 Å². The maximum Gasteiger partial charge on any atom is 0.264 e. The molecule has 1 N–H and O–H groups in total. The van der Waals surface area contributed by atoms with Crippen LogP contribution in [-0.4, -0.2) is 17.0 Å². The standard InChI is InChI=1S/C26H22N2O4S/c1-16-6-9-21(12-17(16)2)27-26-28-24(29)23(33-26)14-18-7-10-22(11-8-18)32-15-19-4-3-5-20(13-19)25(30)31/h3-14H,15H2,1-2H3,(H,30,31)(H,27,28,29)/p-1/b23-14+. The van der Waals surface area contributed by atoms with Crippen LogP contribution in [-0.2, 0) is 11.4 Å². The Morgan fingerprint density at radius 2 is 1.85 bits per heavy atom. The average molecular weight is 458 g/mol. The van der Waals surface area contributed by atoms with Gasteiger partial charge in [0.25, 0.3) is 5.91 Å². The summed E-state index contributed by atoms with van der Waals surface area (Å²) in [6.45, 7) is 4.31. The number of nitrogens with one attached hydrogen (secondary N) is 1. The number of benzene rings is 3. The Kier molecular flexibility index (Phi) is 6.60. The maximum atomic E-state index is 12.4. The quantitative estimate of drug-likeness (QED) is 0.562. The van der Waals surface area contributed by atoms with Gasteiger partial charge in [-0.25, -0.2) is 4.99 Å². The van der Waals surface area contributed by atoms with Crippen LogP contribution in [0.2, 0.25) is 0 Å². The van der Waals surface area contributed by atoms with E-state index in [0.29, 0.717) is 15.8 Å². The van der Waals surface area contributed by atoms with E-state index < -0.39 is 5.97 Å². The SMILES string of the molecule is Cc1ccc(N=C2NC(=O)/C(=C\c3ccc(OCc4cccc(C(=O)[O-])c4)cc3)S2)cc1C. The number of ether oxygens (including phenoxy) is 1. The van der Waals surface area contributed by atoms with Crippen molar-refractivity contribution in [3.63, 3.8) is 0 Å². The lowest BCUT2D eigenvalue weighted by atomic mass is 10.1. The summed E-state index contributed by atoms with van der Waals surface area (Å²) in [5, 5.41) is 14.3. The van der Waals surface area contributed by atoms with Crippen molar-refractivity contribution in [3.05, 3.63) is 99.5 Å². The number of aliphatic imine (C=N–C) groups is 1. The number of carboxylic acid groups (broad SMARTS) is 1. The second-order valence-electron chi connectivity index (χ2n) is 7.60. The van der Waals surface area contributed by atoms with Crippen molar-refractivity contribution in [2.75, 3.05) is 0 Å². The van der Waals surface area contributed by atoms with Crippen molar-refractivity contribution in [3.8, 4) is 5.75 Å². The molecule has 0 atom stereocenters. The fourth-order valence-corrected chi connectivity index (χ4v) is 4.00. The van der Waals surface area contributed by atoms with Crippen LogP contribution in [0, 0.1) is 13.8 Å². The van der Waals surface area contributed by atoms with Crippen LogP contribution in [0.1, 0.15) is 32.6 Å². The summed E-state index contributed by atoms with van der Waals surface area (Å²) in [6, 6.07) is 19.7. The normalized spacial score (nSPS) is 15.6. The van der Waals surface area contributed by atoms with Gasteiger partial charge in [-0.1, -0.05) is 36.4 Å². The smallest absolute Gasteiger partial charge is 0.264 e. The largest absolute Gasteiger partial charge is 0.545 e. The van der Waals surface area contributed by atoms with Gasteiger partial charge in [0.15, 0.2) is 5.17 Å². The molecule has 0 unspecified atom stereocenters. The molecule has 6 nitrogen and oxygen atoms in total. The molecule has 1 saturated heterocycles. The second-order valence-corrected chi connectivity index (χ2v) is 8.63. The Hall–Kier alpha value is -3.84. The van der Waals surface area contributed by atoms with E-state index in [9.17, 15) is 14.7 Å². The lowest BCUT2D eigenvalue weighted by Crippen LogP contribution is -2.22. The molecule has 1 heterocycles. The number of aromatic carboxylic acids is 1. The number of amidine groups is 1. The monoisotopic (exact) mass is 457 g/mol. The molecule has 0 spiro atoms. The van der Waals surface area contributed by atoms with Gasteiger partial charge in [0.05, 0.1) is 16.6 Å². The molecular formula is C26H21N2O4S-. The van der Waals surface area contributed by atoms with Crippen LogP contribution in [0.5, 0.6) is 5.75 Å². The number of aryl methyl sites for hydroxylation is 2. The van der Waals surface area contributed by atoms with Crippen molar-refractivity contribution in [2.45, 2.75) is 20.5 Å². The second kappa shape index (κ2) is 9.75. The number of nitrogens with zero attached hydrogens (tertiary/aromatic N) is 1. The Balaban J connectivity index is 1.40. The zero-order valence-corrected chi connectivity index (χ0v) is 18.9. The summed E-state index contributed by atoms with van der Waals surface area (Å²) in [6.07, 6.45) is 1.80. The van der Waals surface area contributed by atoms with Gasteiger partial charge in [0, 0.05) is 0 Å². The molecule has 1 aliphatic heterocycles. The first kappa shape index (κ1) is 22.4. The summed E-state index contributed by atoms with van der Waals surface area (Å²) in [5.74, 6) is -0.766. The first-order valence-corrected chi connectivity index (χ1v) is 11.1. The summed E-state index contributed by atoms with van der Waals surface area (Å²) in [7, 11) is 0. The lowest BCUT2D eigenvalue weighted by Gasteiger charge is -2.08. The average Bonchev–Trinajstić information content (AvgIpc) is 3.14. The first-order chi connectivity index (χ1) is 15.9. The molecule has 0 aromatic heterocycles. The molecule has 0 radical (unpaired) electrons. The Bertz CT molecular complexity index is 1280. The van der Waals surface area contributed by atoms with E-state index in [4.69, 9.17) is 4.74 Å². The molecule has 1 amide bonds. The van der Waals surface area contributed by atoms with Crippen LogP contribution >= 0.6 is 11.8 Å². The minimum atomic E-state index is -1.22. The summed E-state index contributed by atoms with van der Waals surface area (Å²) in [5.41, 5.74) is 4.85. The molecule has 166 valence electrons. The van der Waals surface area contributed by atoms with Gasteiger partial charge in [-0.2, -0.15) is 0 Å². The number of amides is 1. The van der Waals surface area contributed by atoms with Gasteiger partial charge in [-0.3, -0.25) is 4.79 Å². The number of carbonyl (C=O) groups is 2. The van der Waals surface area contributed by atoms with Crippen LogP contribution in [0.15, 0.2) is 76.6 Å². The van der Waals surface area contributed by atoms with E-state index in [1.54, 1.807) is 30.3 Å². The highest BCUT2D eigenvalue weighted by Crippen LogP contribution is 2.29.